The van der Waals surface area contributed by atoms with Crippen molar-refractivity contribution in [3.05, 3.63) is 35.4 Å². The number of nitrogens with one attached hydrogen (secondary N) is 3. The molecule has 8 nitrogen and oxygen atoms in total. The van der Waals surface area contributed by atoms with Crippen molar-refractivity contribution in [1.29, 1.82) is 0 Å². The number of carboxylic acid groups (broad SMARTS) is 1. The van der Waals surface area contributed by atoms with Crippen LogP contribution < -0.4 is 16.0 Å². The molecule has 1 unspecified atom stereocenters. The zero-order valence-corrected chi connectivity index (χ0v) is 14.9. The minimum absolute atomic E-state index is 0.233. The van der Waals surface area contributed by atoms with Crippen LogP contribution in [-0.4, -0.2) is 46.0 Å². The smallest absolute Gasteiger partial charge is 0.329 e. The minimum Gasteiger partial charge on any atom is -0.480 e. The molecule has 2 aliphatic heterocycles. The second kappa shape index (κ2) is 6.64. The molecule has 2 aliphatic rings. The Kier molecular flexibility index (Phi) is 4.66. The third kappa shape index (κ3) is 3.14. The fourth-order valence-corrected chi connectivity index (χ4v) is 4.31. The van der Waals surface area contributed by atoms with Gasteiger partial charge in [0.2, 0.25) is 0 Å². The van der Waals surface area contributed by atoms with Crippen molar-refractivity contribution in [1.82, 2.24) is 16.0 Å². The number of hydrogen-bond acceptors (Lipinski definition) is 5. The molecule has 0 aliphatic carbocycles. The fourth-order valence-electron chi connectivity index (χ4n) is 3.12. The minimum atomic E-state index is -1.28. The molecule has 0 radical (unpaired) electrons. The van der Waals surface area contributed by atoms with Crippen LogP contribution in [0.4, 0.5) is 4.79 Å². The Hall–Kier alpha value is -2.55. The van der Waals surface area contributed by atoms with Gasteiger partial charge in [0.15, 0.2) is 0 Å². The lowest BCUT2D eigenvalue weighted by Crippen LogP contribution is -2.56. The normalized spacial score (nSPS) is 24.5. The van der Waals surface area contributed by atoms with Crippen molar-refractivity contribution in [3.8, 4) is 0 Å². The first-order valence-corrected chi connectivity index (χ1v) is 9.30. The molecule has 1 atom stereocenters. The van der Waals surface area contributed by atoms with Gasteiger partial charge in [0.05, 0.1) is 0 Å². The Morgan fingerprint density at radius 3 is 2.50 bits per heavy atom. The van der Waals surface area contributed by atoms with Crippen molar-refractivity contribution < 1.29 is 24.3 Å². The number of hydrogen-bond donors (Lipinski definition) is 4. The molecule has 0 saturated carbocycles. The van der Waals surface area contributed by atoms with Gasteiger partial charge >= 0.3 is 12.0 Å². The predicted octanol–water partition coefficient (Wildman–Crippen LogP) is 0.821. The van der Waals surface area contributed by atoms with Gasteiger partial charge in [-0.25, -0.2) is 9.59 Å². The van der Waals surface area contributed by atoms with Crippen LogP contribution in [0.2, 0.25) is 0 Å². The molecule has 2 fully saturated rings. The number of aliphatic carboxylic acids is 1. The lowest BCUT2D eigenvalue weighted by atomic mass is 9.89. The molecular weight excluding hydrogens is 358 g/mol. The van der Waals surface area contributed by atoms with Crippen LogP contribution in [0.1, 0.15) is 35.7 Å². The van der Waals surface area contributed by atoms with Gasteiger partial charge in [0.1, 0.15) is 11.1 Å². The molecule has 2 saturated heterocycles. The van der Waals surface area contributed by atoms with Gasteiger partial charge in [0, 0.05) is 5.56 Å². The zero-order valence-electron chi connectivity index (χ0n) is 14.1. The summed E-state index contributed by atoms with van der Waals surface area (Å²) in [6, 6.07) is 5.67. The number of carbonyl (C=O) groups excluding carboxylic acids is 3. The summed E-state index contributed by atoms with van der Waals surface area (Å²) in [5.41, 5.74) is -1.88. The summed E-state index contributed by atoms with van der Waals surface area (Å²) in [7, 11) is 0. The highest BCUT2D eigenvalue weighted by molar-refractivity contribution is 7.99. The molecular formula is C17H19N3O5S. The lowest BCUT2D eigenvalue weighted by Gasteiger charge is -2.33. The summed E-state index contributed by atoms with van der Waals surface area (Å²) in [5.74, 6) is -0.745. The highest BCUT2D eigenvalue weighted by atomic mass is 32.2. The van der Waals surface area contributed by atoms with E-state index < -0.39 is 34.9 Å². The van der Waals surface area contributed by atoms with Crippen LogP contribution in [0.25, 0.3) is 0 Å². The Balaban J connectivity index is 1.86. The van der Waals surface area contributed by atoms with Crippen molar-refractivity contribution in [2.24, 2.45) is 0 Å². The number of benzene rings is 1. The molecule has 9 heteroatoms. The van der Waals surface area contributed by atoms with E-state index in [2.05, 4.69) is 16.0 Å². The molecule has 1 aromatic carbocycles. The van der Waals surface area contributed by atoms with Crippen LogP contribution in [0.5, 0.6) is 0 Å². The zero-order chi connectivity index (χ0) is 18.9. The van der Waals surface area contributed by atoms with E-state index in [0.29, 0.717) is 29.9 Å². The first kappa shape index (κ1) is 18.2. The van der Waals surface area contributed by atoms with Crippen LogP contribution in [0.15, 0.2) is 24.3 Å². The Labute approximate surface area is 154 Å². The topological polar surface area (TPSA) is 125 Å². The first-order chi connectivity index (χ1) is 12.3. The number of imide groups is 1. The molecule has 4 amide bonds. The summed E-state index contributed by atoms with van der Waals surface area (Å²) >= 11 is 1.66. The lowest BCUT2D eigenvalue weighted by molar-refractivity contribution is -0.144. The molecule has 0 aromatic heterocycles. The third-order valence-electron chi connectivity index (χ3n) is 4.86. The maximum Gasteiger partial charge on any atom is 0.329 e. The second-order valence-corrected chi connectivity index (χ2v) is 7.79. The SMILES string of the molecule is CC1(c2cccc(C(=O)NC3(C(=O)O)CCSCC3)c2)NC(=O)NC1=O. The van der Waals surface area contributed by atoms with E-state index in [1.807, 2.05) is 0 Å². The Bertz CT molecular complexity index is 790. The standard InChI is InChI=1S/C17H19N3O5S/c1-16(13(22)18-15(25)20-16)11-4-2-3-10(9-11)12(21)19-17(14(23)24)5-7-26-8-6-17/h2-4,9H,5-8H2,1H3,(H,19,21)(H,23,24)(H2,18,20,22,25). The van der Waals surface area contributed by atoms with E-state index in [0.717, 1.165) is 0 Å². The molecule has 3 rings (SSSR count). The fraction of sp³-hybridized carbons (Fsp3) is 0.412. The number of carboxylic acids is 1. The van der Waals surface area contributed by atoms with Crippen molar-refractivity contribution in [3.63, 3.8) is 0 Å². The van der Waals surface area contributed by atoms with Crippen molar-refractivity contribution in [2.45, 2.75) is 30.8 Å². The van der Waals surface area contributed by atoms with Gasteiger partial charge in [-0.05, 0) is 49.0 Å². The van der Waals surface area contributed by atoms with E-state index in [4.69, 9.17) is 0 Å². The Morgan fingerprint density at radius 1 is 1.23 bits per heavy atom. The summed E-state index contributed by atoms with van der Waals surface area (Å²) in [5, 5.41) is 17.0. The van der Waals surface area contributed by atoms with Crippen molar-refractivity contribution in [2.75, 3.05) is 11.5 Å². The van der Waals surface area contributed by atoms with Crippen LogP contribution in [-0.2, 0) is 15.1 Å². The second-order valence-electron chi connectivity index (χ2n) is 6.57. The summed E-state index contributed by atoms with van der Waals surface area (Å²) in [4.78, 5) is 47.9. The summed E-state index contributed by atoms with van der Waals surface area (Å²) in [6.07, 6.45) is 0.712. The molecule has 2 heterocycles. The average molecular weight is 377 g/mol. The maximum atomic E-state index is 12.7. The van der Waals surface area contributed by atoms with Crippen LogP contribution in [0.3, 0.4) is 0 Å². The monoisotopic (exact) mass is 377 g/mol. The van der Waals surface area contributed by atoms with Gasteiger partial charge in [-0.2, -0.15) is 11.8 Å². The highest BCUT2D eigenvalue weighted by Crippen LogP contribution is 2.29. The molecule has 1 aromatic rings. The highest BCUT2D eigenvalue weighted by Gasteiger charge is 2.44. The largest absolute Gasteiger partial charge is 0.480 e. The van der Waals surface area contributed by atoms with E-state index in [1.54, 1.807) is 36.9 Å². The van der Waals surface area contributed by atoms with Gasteiger partial charge in [-0.3, -0.25) is 14.9 Å². The van der Waals surface area contributed by atoms with E-state index in [1.165, 1.54) is 6.07 Å². The predicted molar refractivity (Wildman–Crippen MR) is 94.9 cm³/mol. The molecule has 26 heavy (non-hydrogen) atoms. The number of urea groups is 1. The van der Waals surface area contributed by atoms with Gasteiger partial charge in [0.25, 0.3) is 11.8 Å². The average Bonchev–Trinajstić information content (AvgIpc) is 2.88. The summed E-state index contributed by atoms with van der Waals surface area (Å²) in [6.45, 7) is 1.54. The van der Waals surface area contributed by atoms with Crippen LogP contribution in [0, 0.1) is 0 Å². The number of rotatable bonds is 4. The molecule has 0 spiro atoms. The quantitative estimate of drug-likeness (QED) is 0.576. The van der Waals surface area contributed by atoms with Crippen molar-refractivity contribution >= 4 is 35.6 Å². The Morgan fingerprint density at radius 2 is 1.92 bits per heavy atom. The maximum absolute atomic E-state index is 12.7. The first-order valence-electron chi connectivity index (χ1n) is 8.15. The molecule has 138 valence electrons. The van der Waals surface area contributed by atoms with Gasteiger partial charge in [-0.15, -0.1) is 0 Å². The van der Waals surface area contributed by atoms with Gasteiger partial charge in [-0.1, -0.05) is 12.1 Å². The van der Waals surface area contributed by atoms with Gasteiger partial charge < -0.3 is 15.7 Å². The number of amides is 4. The van der Waals surface area contributed by atoms with Crippen LogP contribution >= 0.6 is 11.8 Å². The van der Waals surface area contributed by atoms with E-state index >= 15 is 0 Å². The summed E-state index contributed by atoms with van der Waals surface area (Å²) < 4.78 is 0. The third-order valence-corrected chi connectivity index (χ3v) is 5.84. The number of thioether (sulfide) groups is 1. The number of carbonyl (C=O) groups is 4. The molecule has 0 bridgehead atoms. The molecule has 4 N–H and O–H groups in total. The van der Waals surface area contributed by atoms with E-state index in [9.17, 15) is 24.3 Å². The van der Waals surface area contributed by atoms with E-state index in [-0.39, 0.29) is 5.56 Å².